The molecule has 1 aliphatic heterocycles. The molecule has 5 nitrogen and oxygen atoms in total. The van der Waals surface area contributed by atoms with Crippen molar-refractivity contribution in [2.24, 2.45) is 0 Å². The van der Waals surface area contributed by atoms with E-state index in [2.05, 4.69) is 23.2 Å². The van der Waals surface area contributed by atoms with E-state index in [9.17, 15) is 4.79 Å². The standard InChI is InChI=1S/C20H24ClN3O2/c1-16-3-2-4-19(15-16)26-14-13-23-9-11-24(12-10-23)20(25)22-18-7-5-17(21)6-8-18/h2-8,15H,9-14H2,1H3,(H,22,25). The quantitative estimate of drug-likeness (QED) is 0.865. The van der Waals surface area contributed by atoms with Crippen LogP contribution in [0.2, 0.25) is 5.02 Å². The number of nitrogens with one attached hydrogen (secondary N) is 1. The van der Waals surface area contributed by atoms with Crippen molar-refractivity contribution in [1.29, 1.82) is 0 Å². The van der Waals surface area contributed by atoms with Crippen molar-refractivity contribution < 1.29 is 9.53 Å². The van der Waals surface area contributed by atoms with Crippen LogP contribution in [0.5, 0.6) is 5.75 Å². The summed E-state index contributed by atoms with van der Waals surface area (Å²) in [5.41, 5.74) is 1.95. The fraction of sp³-hybridized carbons (Fsp3) is 0.350. The Hall–Kier alpha value is -2.24. The first-order valence-electron chi connectivity index (χ1n) is 8.83. The van der Waals surface area contributed by atoms with Crippen LogP contribution in [0.15, 0.2) is 48.5 Å². The Morgan fingerprint density at radius 3 is 2.54 bits per heavy atom. The third-order valence-electron chi connectivity index (χ3n) is 4.42. The van der Waals surface area contributed by atoms with Crippen LogP contribution in [0, 0.1) is 6.92 Å². The summed E-state index contributed by atoms with van der Waals surface area (Å²) in [5.74, 6) is 0.908. The number of aryl methyl sites for hydroxylation is 1. The molecule has 2 amide bonds. The normalized spacial score (nSPS) is 14.9. The Morgan fingerprint density at radius 2 is 1.85 bits per heavy atom. The van der Waals surface area contributed by atoms with Gasteiger partial charge >= 0.3 is 6.03 Å². The van der Waals surface area contributed by atoms with E-state index in [0.717, 1.165) is 31.1 Å². The summed E-state index contributed by atoms with van der Waals surface area (Å²) in [6, 6.07) is 15.2. The molecule has 0 aliphatic carbocycles. The molecule has 26 heavy (non-hydrogen) atoms. The van der Waals surface area contributed by atoms with Gasteiger partial charge in [-0.2, -0.15) is 0 Å². The SMILES string of the molecule is Cc1cccc(OCCN2CCN(C(=O)Nc3ccc(Cl)cc3)CC2)c1. The number of piperazine rings is 1. The van der Waals surface area contributed by atoms with Crippen LogP contribution in [0.3, 0.4) is 0 Å². The molecule has 0 spiro atoms. The number of carbonyl (C=O) groups excluding carboxylic acids is 1. The minimum absolute atomic E-state index is 0.0667. The van der Waals surface area contributed by atoms with Crippen LogP contribution in [-0.2, 0) is 0 Å². The zero-order chi connectivity index (χ0) is 18.4. The molecule has 0 aromatic heterocycles. The average Bonchev–Trinajstić information content (AvgIpc) is 2.64. The van der Waals surface area contributed by atoms with Crippen LogP contribution in [0.4, 0.5) is 10.5 Å². The van der Waals surface area contributed by atoms with Crippen molar-refractivity contribution in [1.82, 2.24) is 9.80 Å². The molecule has 138 valence electrons. The van der Waals surface area contributed by atoms with E-state index < -0.39 is 0 Å². The van der Waals surface area contributed by atoms with Gasteiger partial charge in [0.05, 0.1) is 0 Å². The maximum atomic E-state index is 12.3. The lowest BCUT2D eigenvalue weighted by Crippen LogP contribution is -2.50. The van der Waals surface area contributed by atoms with E-state index in [-0.39, 0.29) is 6.03 Å². The fourth-order valence-corrected chi connectivity index (χ4v) is 3.03. The van der Waals surface area contributed by atoms with Gasteiger partial charge in [0.15, 0.2) is 0 Å². The van der Waals surface area contributed by atoms with E-state index in [1.54, 1.807) is 24.3 Å². The molecular formula is C20H24ClN3O2. The number of halogens is 1. The van der Waals surface area contributed by atoms with Crippen molar-refractivity contribution in [3.63, 3.8) is 0 Å². The number of carbonyl (C=O) groups is 1. The molecule has 0 saturated carbocycles. The topological polar surface area (TPSA) is 44.8 Å². The van der Waals surface area contributed by atoms with Crippen LogP contribution in [0.1, 0.15) is 5.56 Å². The number of benzene rings is 2. The van der Waals surface area contributed by atoms with Gasteiger partial charge in [-0.05, 0) is 48.9 Å². The number of ether oxygens (including phenoxy) is 1. The van der Waals surface area contributed by atoms with Gasteiger partial charge in [0.25, 0.3) is 0 Å². The van der Waals surface area contributed by atoms with Crippen molar-refractivity contribution >= 4 is 23.3 Å². The van der Waals surface area contributed by atoms with E-state index in [4.69, 9.17) is 16.3 Å². The summed E-state index contributed by atoms with van der Waals surface area (Å²) in [6.45, 7) is 6.70. The second-order valence-corrected chi connectivity index (χ2v) is 6.87. The molecule has 0 unspecified atom stereocenters. The maximum absolute atomic E-state index is 12.3. The van der Waals surface area contributed by atoms with Gasteiger partial charge < -0.3 is 15.0 Å². The van der Waals surface area contributed by atoms with Gasteiger partial charge in [0.1, 0.15) is 12.4 Å². The second-order valence-electron chi connectivity index (χ2n) is 6.43. The molecule has 0 atom stereocenters. The molecule has 1 heterocycles. The number of nitrogens with zero attached hydrogens (tertiary/aromatic N) is 2. The maximum Gasteiger partial charge on any atom is 0.321 e. The Kier molecular flexibility index (Phi) is 6.36. The Morgan fingerprint density at radius 1 is 1.12 bits per heavy atom. The third kappa shape index (κ3) is 5.38. The molecular weight excluding hydrogens is 350 g/mol. The van der Waals surface area contributed by atoms with Gasteiger partial charge in [-0.25, -0.2) is 4.79 Å². The molecule has 2 aromatic carbocycles. The summed E-state index contributed by atoms with van der Waals surface area (Å²) >= 11 is 5.86. The van der Waals surface area contributed by atoms with Crippen LogP contribution in [0.25, 0.3) is 0 Å². The van der Waals surface area contributed by atoms with Crippen LogP contribution >= 0.6 is 11.6 Å². The first-order valence-corrected chi connectivity index (χ1v) is 9.21. The Balaban J connectivity index is 1.38. The molecule has 3 rings (SSSR count). The highest BCUT2D eigenvalue weighted by molar-refractivity contribution is 6.30. The zero-order valence-electron chi connectivity index (χ0n) is 15.0. The first-order chi connectivity index (χ1) is 12.6. The minimum atomic E-state index is -0.0667. The molecule has 6 heteroatoms. The molecule has 1 saturated heterocycles. The van der Waals surface area contributed by atoms with Gasteiger partial charge in [-0.15, -0.1) is 0 Å². The van der Waals surface area contributed by atoms with E-state index in [1.807, 2.05) is 23.1 Å². The Labute approximate surface area is 159 Å². The van der Waals surface area contributed by atoms with Crippen LogP contribution < -0.4 is 10.1 Å². The molecule has 2 aromatic rings. The number of urea groups is 1. The number of anilines is 1. The molecule has 1 aliphatic rings. The average molecular weight is 374 g/mol. The number of hydrogen-bond donors (Lipinski definition) is 1. The van der Waals surface area contributed by atoms with Gasteiger partial charge in [0, 0.05) is 43.4 Å². The highest BCUT2D eigenvalue weighted by atomic mass is 35.5. The van der Waals surface area contributed by atoms with Crippen molar-refractivity contribution in [2.75, 3.05) is 44.6 Å². The van der Waals surface area contributed by atoms with Crippen molar-refractivity contribution in [3.8, 4) is 5.75 Å². The lowest BCUT2D eigenvalue weighted by atomic mass is 10.2. The third-order valence-corrected chi connectivity index (χ3v) is 4.67. The fourth-order valence-electron chi connectivity index (χ4n) is 2.91. The highest BCUT2D eigenvalue weighted by Crippen LogP contribution is 2.15. The smallest absolute Gasteiger partial charge is 0.321 e. The minimum Gasteiger partial charge on any atom is -0.492 e. The monoisotopic (exact) mass is 373 g/mol. The number of amides is 2. The van der Waals surface area contributed by atoms with Gasteiger partial charge in [0.2, 0.25) is 0 Å². The number of rotatable bonds is 5. The van der Waals surface area contributed by atoms with E-state index in [1.165, 1.54) is 5.56 Å². The molecule has 0 bridgehead atoms. The second kappa shape index (κ2) is 8.92. The van der Waals surface area contributed by atoms with Crippen molar-refractivity contribution in [2.45, 2.75) is 6.92 Å². The Bertz CT molecular complexity index is 728. The van der Waals surface area contributed by atoms with Gasteiger partial charge in [-0.1, -0.05) is 23.7 Å². The summed E-state index contributed by atoms with van der Waals surface area (Å²) in [4.78, 5) is 16.5. The zero-order valence-corrected chi connectivity index (χ0v) is 15.7. The number of hydrogen-bond acceptors (Lipinski definition) is 3. The van der Waals surface area contributed by atoms with Crippen LogP contribution in [-0.4, -0.2) is 55.2 Å². The molecule has 0 radical (unpaired) electrons. The highest BCUT2D eigenvalue weighted by Gasteiger charge is 2.20. The van der Waals surface area contributed by atoms with E-state index in [0.29, 0.717) is 24.7 Å². The van der Waals surface area contributed by atoms with Crippen molar-refractivity contribution in [3.05, 3.63) is 59.1 Å². The molecule has 1 N–H and O–H groups in total. The summed E-state index contributed by atoms with van der Waals surface area (Å²) < 4.78 is 5.81. The predicted octanol–water partition coefficient (Wildman–Crippen LogP) is 3.88. The first kappa shape index (κ1) is 18.5. The van der Waals surface area contributed by atoms with E-state index >= 15 is 0 Å². The van der Waals surface area contributed by atoms with Gasteiger partial charge in [-0.3, -0.25) is 4.90 Å². The summed E-state index contributed by atoms with van der Waals surface area (Å²) in [7, 11) is 0. The largest absolute Gasteiger partial charge is 0.492 e. The summed E-state index contributed by atoms with van der Waals surface area (Å²) in [6.07, 6.45) is 0. The predicted molar refractivity (Wildman–Crippen MR) is 105 cm³/mol. The lowest BCUT2D eigenvalue weighted by Gasteiger charge is -2.34. The molecule has 1 fully saturated rings. The summed E-state index contributed by atoms with van der Waals surface area (Å²) in [5, 5.41) is 3.57. The lowest BCUT2D eigenvalue weighted by molar-refractivity contribution is 0.132.